The van der Waals surface area contributed by atoms with Crippen LogP contribution in [-0.4, -0.2) is 5.97 Å². The minimum atomic E-state index is -0.185. The zero-order valence-corrected chi connectivity index (χ0v) is 9.13. The Morgan fingerprint density at radius 3 is 2.07 bits per heavy atom. The first-order valence-corrected chi connectivity index (χ1v) is 4.79. The van der Waals surface area contributed by atoms with Gasteiger partial charge in [0.1, 0.15) is 5.75 Å². The summed E-state index contributed by atoms with van der Waals surface area (Å²) in [5.41, 5.74) is 2.22. The average Bonchev–Trinajstić information content (AvgIpc) is 2.01. The molecular formula is C12H16O2. The third-order valence-electron chi connectivity index (χ3n) is 1.89. The molecule has 1 aromatic rings. The van der Waals surface area contributed by atoms with Crippen LogP contribution in [0.4, 0.5) is 0 Å². The average molecular weight is 192 g/mol. The first-order valence-electron chi connectivity index (χ1n) is 4.79. The maximum absolute atomic E-state index is 11.3. The number of carbonyl (C=O) groups is 1. The number of hydrogen-bond acceptors (Lipinski definition) is 2. The van der Waals surface area contributed by atoms with Crippen molar-refractivity contribution in [2.45, 2.75) is 27.7 Å². The van der Waals surface area contributed by atoms with E-state index in [1.807, 2.05) is 45.9 Å². The standard InChI is InChI=1S/C12H16O2/c1-8(2)12(13)14-11-6-9(3)5-10(4)7-11/h5-8H,1-4H3. The van der Waals surface area contributed by atoms with Crippen molar-refractivity contribution in [2.75, 3.05) is 0 Å². The number of carbonyl (C=O) groups excluding carboxylic acids is 1. The van der Waals surface area contributed by atoms with E-state index in [1.54, 1.807) is 0 Å². The minimum Gasteiger partial charge on any atom is -0.426 e. The lowest BCUT2D eigenvalue weighted by molar-refractivity contribution is -0.137. The molecular weight excluding hydrogens is 176 g/mol. The monoisotopic (exact) mass is 192 g/mol. The Morgan fingerprint density at radius 1 is 1.14 bits per heavy atom. The first kappa shape index (κ1) is 10.8. The van der Waals surface area contributed by atoms with Gasteiger partial charge in [0.2, 0.25) is 0 Å². The second kappa shape index (κ2) is 4.27. The van der Waals surface area contributed by atoms with Crippen LogP contribution in [0.5, 0.6) is 5.75 Å². The maximum atomic E-state index is 11.3. The summed E-state index contributed by atoms with van der Waals surface area (Å²) in [7, 11) is 0. The van der Waals surface area contributed by atoms with Crippen molar-refractivity contribution in [3.63, 3.8) is 0 Å². The summed E-state index contributed by atoms with van der Waals surface area (Å²) < 4.78 is 5.20. The zero-order valence-electron chi connectivity index (χ0n) is 9.13. The summed E-state index contributed by atoms with van der Waals surface area (Å²) in [5.74, 6) is 0.368. The molecule has 0 bridgehead atoms. The quantitative estimate of drug-likeness (QED) is 0.532. The van der Waals surface area contributed by atoms with Crippen LogP contribution in [0.15, 0.2) is 18.2 Å². The summed E-state index contributed by atoms with van der Waals surface area (Å²) in [5, 5.41) is 0. The Hall–Kier alpha value is -1.31. The van der Waals surface area contributed by atoms with E-state index in [0.29, 0.717) is 5.75 Å². The fourth-order valence-electron chi connectivity index (χ4n) is 1.23. The smallest absolute Gasteiger partial charge is 0.313 e. The molecule has 0 spiro atoms. The van der Waals surface area contributed by atoms with Crippen LogP contribution in [0.25, 0.3) is 0 Å². The van der Waals surface area contributed by atoms with E-state index in [0.717, 1.165) is 11.1 Å². The Labute approximate surface area is 84.9 Å². The van der Waals surface area contributed by atoms with Crippen LogP contribution in [0.2, 0.25) is 0 Å². The summed E-state index contributed by atoms with van der Waals surface area (Å²) in [6.45, 7) is 7.62. The van der Waals surface area contributed by atoms with E-state index in [2.05, 4.69) is 0 Å². The summed E-state index contributed by atoms with van der Waals surface area (Å²) in [6, 6.07) is 5.78. The van der Waals surface area contributed by atoms with Crippen LogP contribution >= 0.6 is 0 Å². The Balaban J connectivity index is 2.82. The lowest BCUT2D eigenvalue weighted by atomic mass is 10.1. The molecule has 0 aromatic heterocycles. The molecule has 2 heteroatoms. The fourth-order valence-corrected chi connectivity index (χ4v) is 1.23. The van der Waals surface area contributed by atoms with Gasteiger partial charge in [-0.05, 0) is 37.1 Å². The van der Waals surface area contributed by atoms with Crippen molar-refractivity contribution in [3.8, 4) is 5.75 Å². The van der Waals surface area contributed by atoms with Gasteiger partial charge in [-0.3, -0.25) is 4.79 Å². The second-order valence-corrected chi connectivity index (χ2v) is 3.90. The van der Waals surface area contributed by atoms with Crippen molar-refractivity contribution >= 4 is 5.97 Å². The molecule has 0 unspecified atom stereocenters. The molecule has 0 fully saturated rings. The van der Waals surface area contributed by atoms with Crippen LogP contribution in [0.1, 0.15) is 25.0 Å². The highest BCUT2D eigenvalue weighted by molar-refractivity contribution is 5.74. The summed E-state index contributed by atoms with van der Waals surface area (Å²) >= 11 is 0. The zero-order chi connectivity index (χ0) is 10.7. The normalized spacial score (nSPS) is 10.4. The van der Waals surface area contributed by atoms with Crippen LogP contribution < -0.4 is 4.74 Å². The van der Waals surface area contributed by atoms with Gasteiger partial charge in [0, 0.05) is 0 Å². The highest BCUT2D eigenvalue weighted by Gasteiger charge is 2.09. The van der Waals surface area contributed by atoms with Crippen LogP contribution in [-0.2, 0) is 4.79 Å². The van der Waals surface area contributed by atoms with Gasteiger partial charge in [0.05, 0.1) is 5.92 Å². The molecule has 0 atom stereocenters. The fraction of sp³-hybridized carbons (Fsp3) is 0.417. The molecule has 0 amide bonds. The summed E-state index contributed by atoms with van der Waals surface area (Å²) in [4.78, 5) is 11.3. The number of esters is 1. The number of benzene rings is 1. The van der Waals surface area contributed by atoms with Crippen molar-refractivity contribution in [3.05, 3.63) is 29.3 Å². The van der Waals surface area contributed by atoms with Gasteiger partial charge in [-0.2, -0.15) is 0 Å². The van der Waals surface area contributed by atoms with E-state index < -0.39 is 0 Å². The van der Waals surface area contributed by atoms with Gasteiger partial charge in [-0.1, -0.05) is 19.9 Å². The SMILES string of the molecule is Cc1cc(C)cc(OC(=O)C(C)C)c1. The first-order chi connectivity index (χ1) is 6.49. The predicted octanol–water partition coefficient (Wildman–Crippen LogP) is 2.86. The molecule has 14 heavy (non-hydrogen) atoms. The lowest BCUT2D eigenvalue weighted by Gasteiger charge is -2.08. The predicted molar refractivity (Wildman–Crippen MR) is 56.4 cm³/mol. The van der Waals surface area contributed by atoms with Crippen LogP contribution in [0.3, 0.4) is 0 Å². The van der Waals surface area contributed by atoms with Crippen molar-refractivity contribution in [1.82, 2.24) is 0 Å². The van der Waals surface area contributed by atoms with Gasteiger partial charge in [-0.15, -0.1) is 0 Å². The Kier molecular flexibility index (Phi) is 3.28. The maximum Gasteiger partial charge on any atom is 0.313 e. The highest BCUT2D eigenvalue weighted by Crippen LogP contribution is 2.17. The molecule has 0 aliphatic carbocycles. The third-order valence-corrected chi connectivity index (χ3v) is 1.89. The Bertz CT molecular complexity index is 320. The van der Waals surface area contributed by atoms with Gasteiger partial charge >= 0.3 is 5.97 Å². The van der Waals surface area contributed by atoms with Crippen LogP contribution in [0, 0.1) is 19.8 Å². The van der Waals surface area contributed by atoms with Crippen molar-refractivity contribution in [2.24, 2.45) is 5.92 Å². The van der Waals surface area contributed by atoms with Crippen molar-refractivity contribution < 1.29 is 9.53 Å². The van der Waals surface area contributed by atoms with Gasteiger partial charge in [0.25, 0.3) is 0 Å². The van der Waals surface area contributed by atoms with E-state index in [1.165, 1.54) is 0 Å². The number of ether oxygens (including phenoxy) is 1. The van der Waals surface area contributed by atoms with E-state index in [9.17, 15) is 4.79 Å². The Morgan fingerprint density at radius 2 is 1.64 bits per heavy atom. The highest BCUT2D eigenvalue weighted by atomic mass is 16.5. The lowest BCUT2D eigenvalue weighted by Crippen LogP contribution is -2.14. The molecule has 0 aliphatic heterocycles. The molecule has 1 aromatic carbocycles. The molecule has 0 N–H and O–H groups in total. The second-order valence-electron chi connectivity index (χ2n) is 3.90. The van der Waals surface area contributed by atoms with Gasteiger partial charge < -0.3 is 4.74 Å². The number of rotatable bonds is 2. The molecule has 0 radical (unpaired) electrons. The third kappa shape index (κ3) is 2.87. The molecule has 0 saturated carbocycles. The molecule has 1 rings (SSSR count). The summed E-state index contributed by atoms with van der Waals surface area (Å²) in [6.07, 6.45) is 0. The molecule has 0 aliphatic rings. The van der Waals surface area contributed by atoms with E-state index in [-0.39, 0.29) is 11.9 Å². The molecule has 76 valence electrons. The number of aryl methyl sites for hydroxylation is 2. The van der Waals surface area contributed by atoms with E-state index >= 15 is 0 Å². The van der Waals surface area contributed by atoms with Gasteiger partial charge in [-0.25, -0.2) is 0 Å². The molecule has 0 heterocycles. The number of hydrogen-bond donors (Lipinski definition) is 0. The minimum absolute atomic E-state index is 0.0872. The molecule has 0 saturated heterocycles. The van der Waals surface area contributed by atoms with Gasteiger partial charge in [0.15, 0.2) is 0 Å². The van der Waals surface area contributed by atoms with E-state index in [4.69, 9.17) is 4.74 Å². The topological polar surface area (TPSA) is 26.3 Å². The van der Waals surface area contributed by atoms with Crippen molar-refractivity contribution in [1.29, 1.82) is 0 Å². The molecule has 2 nitrogen and oxygen atoms in total. The largest absolute Gasteiger partial charge is 0.426 e.